The molecule has 27 heavy (non-hydrogen) atoms. The monoisotopic (exact) mass is 394 g/mol. The van der Waals surface area contributed by atoms with Crippen LogP contribution < -0.4 is 14.9 Å². The van der Waals surface area contributed by atoms with Crippen LogP contribution in [0.3, 0.4) is 0 Å². The minimum absolute atomic E-state index is 0.147. The summed E-state index contributed by atoms with van der Waals surface area (Å²) in [5.41, 5.74) is 0.553. The summed E-state index contributed by atoms with van der Waals surface area (Å²) >= 11 is 0. The van der Waals surface area contributed by atoms with Crippen LogP contribution in [-0.2, 0) is 21.4 Å². The SMILES string of the molecule is Cc1ccc(C[NH+](C)[C@@H](C)C(=O)Nc2ccc(S(=O)(=O)NC(C)C)cc2)o1. The van der Waals surface area contributed by atoms with Crippen LogP contribution in [0, 0.1) is 6.92 Å². The fourth-order valence-corrected chi connectivity index (χ4v) is 3.83. The lowest BCUT2D eigenvalue weighted by atomic mass is 10.2. The smallest absolute Gasteiger partial charge is 0.282 e. The fourth-order valence-electron chi connectivity index (χ4n) is 2.58. The van der Waals surface area contributed by atoms with Gasteiger partial charge in [-0.05, 0) is 64.1 Å². The van der Waals surface area contributed by atoms with Gasteiger partial charge in [0.1, 0.15) is 12.3 Å². The number of sulfonamides is 1. The van der Waals surface area contributed by atoms with E-state index in [0.717, 1.165) is 16.4 Å². The predicted octanol–water partition coefficient (Wildman–Crippen LogP) is 1.32. The standard InChI is InChI=1S/C19H27N3O4S/c1-13(2)21-27(24,25)18-10-7-16(8-11-18)20-19(23)15(4)22(5)12-17-9-6-14(3)26-17/h6-11,13,15,21H,12H2,1-5H3,(H,20,23)/p+1/t15-/m0/s1. The molecule has 1 aromatic heterocycles. The molecule has 7 nitrogen and oxygen atoms in total. The second kappa shape index (κ2) is 8.69. The van der Waals surface area contributed by atoms with E-state index < -0.39 is 10.0 Å². The highest BCUT2D eigenvalue weighted by Gasteiger charge is 2.23. The van der Waals surface area contributed by atoms with Crippen molar-refractivity contribution in [2.75, 3.05) is 12.4 Å². The van der Waals surface area contributed by atoms with E-state index in [-0.39, 0.29) is 22.9 Å². The van der Waals surface area contributed by atoms with Crippen molar-refractivity contribution in [1.29, 1.82) is 0 Å². The summed E-state index contributed by atoms with van der Waals surface area (Å²) in [7, 11) is -1.62. The van der Waals surface area contributed by atoms with Crippen molar-refractivity contribution < 1.29 is 22.5 Å². The van der Waals surface area contributed by atoms with E-state index in [4.69, 9.17) is 4.42 Å². The number of furan rings is 1. The first-order valence-corrected chi connectivity index (χ1v) is 10.4. The Morgan fingerprint density at radius 1 is 1.11 bits per heavy atom. The Morgan fingerprint density at radius 2 is 1.74 bits per heavy atom. The van der Waals surface area contributed by atoms with Crippen LogP contribution in [0.25, 0.3) is 0 Å². The Labute approximate surface area is 160 Å². The highest BCUT2D eigenvalue weighted by molar-refractivity contribution is 7.89. The molecule has 0 bridgehead atoms. The van der Waals surface area contributed by atoms with E-state index >= 15 is 0 Å². The minimum Gasteiger partial charge on any atom is -0.460 e. The number of rotatable bonds is 8. The predicted molar refractivity (Wildman–Crippen MR) is 104 cm³/mol. The molecule has 2 aromatic rings. The molecule has 2 atom stereocenters. The summed E-state index contributed by atoms with van der Waals surface area (Å²) in [6, 6.07) is 9.45. The normalized spacial score (nSPS) is 14.1. The highest BCUT2D eigenvalue weighted by Crippen LogP contribution is 2.14. The average molecular weight is 395 g/mol. The Hall–Kier alpha value is -2.16. The molecule has 1 aromatic carbocycles. The topological polar surface area (TPSA) is 92.9 Å². The Kier molecular flexibility index (Phi) is 6.80. The Morgan fingerprint density at radius 3 is 2.26 bits per heavy atom. The lowest BCUT2D eigenvalue weighted by Gasteiger charge is -2.20. The number of benzene rings is 1. The van der Waals surface area contributed by atoms with Gasteiger partial charge in [-0.15, -0.1) is 0 Å². The van der Waals surface area contributed by atoms with Gasteiger partial charge in [-0.25, -0.2) is 13.1 Å². The van der Waals surface area contributed by atoms with Crippen molar-refractivity contribution in [2.24, 2.45) is 0 Å². The molecular formula is C19H28N3O4S+. The molecule has 0 saturated carbocycles. The first-order chi connectivity index (χ1) is 12.6. The summed E-state index contributed by atoms with van der Waals surface area (Å²) in [5, 5.41) is 2.83. The number of hydrogen-bond acceptors (Lipinski definition) is 4. The molecule has 0 aliphatic rings. The zero-order chi connectivity index (χ0) is 20.2. The zero-order valence-corrected chi connectivity index (χ0v) is 17.2. The van der Waals surface area contributed by atoms with E-state index in [1.54, 1.807) is 26.0 Å². The largest absolute Gasteiger partial charge is 0.460 e. The van der Waals surface area contributed by atoms with Crippen LogP contribution in [0.1, 0.15) is 32.3 Å². The van der Waals surface area contributed by atoms with Crippen molar-refractivity contribution in [2.45, 2.75) is 51.2 Å². The minimum atomic E-state index is -3.54. The molecule has 0 spiro atoms. The van der Waals surface area contributed by atoms with Crippen molar-refractivity contribution in [3.63, 3.8) is 0 Å². The molecule has 1 heterocycles. The fraction of sp³-hybridized carbons (Fsp3) is 0.421. The Bertz CT molecular complexity index is 873. The van der Waals surface area contributed by atoms with Crippen LogP contribution in [0.15, 0.2) is 45.7 Å². The van der Waals surface area contributed by atoms with Gasteiger partial charge in [0, 0.05) is 11.7 Å². The number of carbonyl (C=O) groups excluding carboxylic acids is 1. The number of likely N-dealkylation sites (N-methyl/N-ethyl adjacent to an activating group) is 1. The van der Waals surface area contributed by atoms with E-state index in [9.17, 15) is 13.2 Å². The molecule has 8 heteroatoms. The van der Waals surface area contributed by atoms with Gasteiger partial charge < -0.3 is 14.6 Å². The highest BCUT2D eigenvalue weighted by atomic mass is 32.2. The maximum absolute atomic E-state index is 12.5. The zero-order valence-electron chi connectivity index (χ0n) is 16.4. The van der Waals surface area contributed by atoms with Crippen molar-refractivity contribution in [3.8, 4) is 0 Å². The number of nitrogens with one attached hydrogen (secondary N) is 3. The molecule has 1 amide bonds. The molecule has 0 aliphatic heterocycles. The van der Waals surface area contributed by atoms with Crippen LogP contribution in [-0.4, -0.2) is 33.5 Å². The first kappa shape index (κ1) is 21.1. The van der Waals surface area contributed by atoms with Crippen LogP contribution in [0.4, 0.5) is 5.69 Å². The third-order valence-electron chi connectivity index (χ3n) is 4.20. The van der Waals surface area contributed by atoms with E-state index in [0.29, 0.717) is 12.2 Å². The molecule has 0 radical (unpaired) electrons. The van der Waals surface area contributed by atoms with Gasteiger partial charge in [-0.2, -0.15) is 0 Å². The maximum Gasteiger partial charge on any atom is 0.282 e. The number of quaternary nitrogens is 1. The van der Waals surface area contributed by atoms with Gasteiger partial charge in [0.05, 0.1) is 11.9 Å². The lowest BCUT2D eigenvalue weighted by molar-refractivity contribution is -0.908. The molecule has 1 unspecified atom stereocenters. The van der Waals surface area contributed by atoms with Gasteiger partial charge in [0.15, 0.2) is 11.8 Å². The third-order valence-corrected chi connectivity index (χ3v) is 5.88. The summed E-state index contributed by atoms with van der Waals surface area (Å²) in [6.07, 6.45) is 0. The number of carbonyl (C=O) groups is 1. The van der Waals surface area contributed by atoms with E-state index in [2.05, 4.69) is 10.0 Å². The quantitative estimate of drug-likeness (QED) is 0.630. The van der Waals surface area contributed by atoms with Crippen molar-refractivity contribution in [1.82, 2.24) is 4.72 Å². The summed E-state index contributed by atoms with van der Waals surface area (Å²) in [4.78, 5) is 13.6. The molecular weight excluding hydrogens is 366 g/mol. The van der Waals surface area contributed by atoms with E-state index in [1.807, 2.05) is 33.0 Å². The maximum atomic E-state index is 12.5. The molecule has 0 fully saturated rings. The average Bonchev–Trinajstić information content (AvgIpc) is 2.98. The number of anilines is 1. The summed E-state index contributed by atoms with van der Waals surface area (Å²) < 4.78 is 32.4. The lowest BCUT2D eigenvalue weighted by Crippen LogP contribution is -3.12. The van der Waals surface area contributed by atoms with Gasteiger partial charge in [-0.3, -0.25) is 4.79 Å². The van der Waals surface area contributed by atoms with Crippen LogP contribution in [0.2, 0.25) is 0 Å². The first-order valence-electron chi connectivity index (χ1n) is 8.89. The van der Waals surface area contributed by atoms with E-state index in [1.165, 1.54) is 12.1 Å². The molecule has 148 valence electrons. The van der Waals surface area contributed by atoms with Gasteiger partial charge in [0.25, 0.3) is 5.91 Å². The number of amides is 1. The third kappa shape index (κ3) is 5.92. The molecule has 0 aliphatic carbocycles. The van der Waals surface area contributed by atoms with Crippen LogP contribution in [0.5, 0.6) is 0 Å². The second-order valence-electron chi connectivity index (χ2n) is 7.05. The van der Waals surface area contributed by atoms with Gasteiger partial charge >= 0.3 is 0 Å². The van der Waals surface area contributed by atoms with Crippen LogP contribution >= 0.6 is 0 Å². The summed E-state index contributed by atoms with van der Waals surface area (Å²) in [6.45, 7) is 7.84. The number of aryl methyl sites for hydroxylation is 1. The second-order valence-corrected chi connectivity index (χ2v) is 8.76. The molecule has 0 saturated heterocycles. The van der Waals surface area contributed by atoms with Crippen molar-refractivity contribution >= 4 is 21.6 Å². The van der Waals surface area contributed by atoms with Gasteiger partial charge in [0.2, 0.25) is 10.0 Å². The molecule has 3 N–H and O–H groups in total. The van der Waals surface area contributed by atoms with Gasteiger partial charge in [-0.1, -0.05) is 0 Å². The Balaban J connectivity index is 1.98. The summed E-state index contributed by atoms with van der Waals surface area (Å²) in [5.74, 6) is 1.53. The van der Waals surface area contributed by atoms with Crippen molar-refractivity contribution in [3.05, 3.63) is 47.9 Å². The number of hydrogen-bond donors (Lipinski definition) is 3. The molecule has 2 rings (SSSR count).